The minimum Gasteiger partial charge on any atom is -0.480 e. The molecule has 0 radical (unpaired) electrons. The summed E-state index contributed by atoms with van der Waals surface area (Å²) in [7, 11) is -4.28. The number of carbonyl (C=O) groups is 2. The summed E-state index contributed by atoms with van der Waals surface area (Å²) in [6.45, 7) is 0. The lowest BCUT2D eigenvalue weighted by atomic mass is 10.2. The molecule has 0 saturated carbocycles. The highest BCUT2D eigenvalue weighted by Crippen LogP contribution is 2.22. The standard InChI is InChI=1S/C11H12ClFN2O5S/c12-7-5-6(13)1-3-9(7)21(19,20)15-8(11(17)18)2-4-10(14)16/h1,3,5,8,15H,2,4H2,(H2,14,16)(H,17,18). The van der Waals surface area contributed by atoms with E-state index < -0.39 is 38.7 Å². The molecule has 1 atom stereocenters. The Morgan fingerprint density at radius 3 is 2.52 bits per heavy atom. The van der Waals surface area contributed by atoms with Crippen LogP contribution in [0.25, 0.3) is 0 Å². The minimum atomic E-state index is -4.28. The number of benzene rings is 1. The molecule has 21 heavy (non-hydrogen) atoms. The second-order valence-electron chi connectivity index (χ2n) is 4.09. The van der Waals surface area contributed by atoms with Gasteiger partial charge in [-0.1, -0.05) is 11.6 Å². The third-order valence-electron chi connectivity index (χ3n) is 2.46. The number of nitrogens with one attached hydrogen (secondary N) is 1. The van der Waals surface area contributed by atoms with Gasteiger partial charge in [-0.25, -0.2) is 12.8 Å². The summed E-state index contributed by atoms with van der Waals surface area (Å²) >= 11 is 5.62. The maximum absolute atomic E-state index is 12.9. The number of primary amides is 1. The van der Waals surface area contributed by atoms with E-state index in [1.165, 1.54) is 0 Å². The molecule has 1 aromatic rings. The third kappa shape index (κ3) is 4.96. The van der Waals surface area contributed by atoms with Gasteiger partial charge < -0.3 is 10.8 Å². The van der Waals surface area contributed by atoms with Crippen LogP contribution in [-0.2, 0) is 19.6 Å². The molecule has 0 spiro atoms. The zero-order valence-electron chi connectivity index (χ0n) is 10.5. The second kappa shape index (κ2) is 6.83. The Balaban J connectivity index is 3.00. The van der Waals surface area contributed by atoms with E-state index >= 15 is 0 Å². The average Bonchev–Trinajstić information content (AvgIpc) is 2.33. The molecule has 0 bridgehead atoms. The Bertz CT molecular complexity index is 665. The monoisotopic (exact) mass is 338 g/mol. The number of carboxylic acid groups (broad SMARTS) is 1. The van der Waals surface area contributed by atoms with E-state index in [0.29, 0.717) is 0 Å². The van der Waals surface area contributed by atoms with E-state index in [1.54, 1.807) is 0 Å². The summed E-state index contributed by atoms with van der Waals surface area (Å²) in [5, 5.41) is 8.55. The lowest BCUT2D eigenvalue weighted by molar-refractivity contribution is -0.139. The summed E-state index contributed by atoms with van der Waals surface area (Å²) in [5.41, 5.74) is 4.88. The van der Waals surface area contributed by atoms with Crippen molar-refractivity contribution >= 4 is 33.5 Å². The van der Waals surface area contributed by atoms with Crippen molar-refractivity contribution < 1.29 is 27.5 Å². The number of carboxylic acids is 1. The SMILES string of the molecule is NC(=O)CCC(NS(=O)(=O)c1ccc(F)cc1Cl)C(=O)O. The van der Waals surface area contributed by atoms with Gasteiger partial charge in [-0.05, 0) is 24.6 Å². The summed E-state index contributed by atoms with van der Waals surface area (Å²) in [6.07, 6.45) is -0.626. The van der Waals surface area contributed by atoms with Crippen LogP contribution in [0, 0.1) is 5.82 Å². The van der Waals surface area contributed by atoms with Gasteiger partial charge in [-0.15, -0.1) is 0 Å². The van der Waals surface area contributed by atoms with E-state index in [0.717, 1.165) is 18.2 Å². The molecule has 1 aromatic carbocycles. The molecule has 0 aliphatic carbocycles. The van der Waals surface area contributed by atoms with E-state index in [1.807, 2.05) is 4.72 Å². The van der Waals surface area contributed by atoms with E-state index in [4.69, 9.17) is 22.4 Å². The molecule has 10 heteroatoms. The molecular weight excluding hydrogens is 327 g/mol. The van der Waals surface area contributed by atoms with Gasteiger partial charge in [0.15, 0.2) is 0 Å². The van der Waals surface area contributed by atoms with E-state index in [-0.39, 0.29) is 17.9 Å². The normalized spacial score (nSPS) is 12.9. The van der Waals surface area contributed by atoms with Crippen molar-refractivity contribution in [1.29, 1.82) is 0 Å². The molecule has 0 saturated heterocycles. The number of hydrogen-bond donors (Lipinski definition) is 3. The van der Waals surface area contributed by atoms with Gasteiger partial charge >= 0.3 is 5.97 Å². The van der Waals surface area contributed by atoms with Crippen molar-refractivity contribution in [1.82, 2.24) is 4.72 Å². The maximum Gasteiger partial charge on any atom is 0.321 e. The molecule has 0 aromatic heterocycles. The zero-order valence-corrected chi connectivity index (χ0v) is 12.1. The largest absolute Gasteiger partial charge is 0.480 e. The molecule has 1 amide bonds. The second-order valence-corrected chi connectivity index (χ2v) is 6.18. The molecule has 1 unspecified atom stereocenters. The van der Waals surface area contributed by atoms with Gasteiger partial charge in [0, 0.05) is 6.42 Å². The van der Waals surface area contributed by atoms with Crippen LogP contribution >= 0.6 is 11.6 Å². The highest BCUT2D eigenvalue weighted by atomic mass is 35.5. The smallest absolute Gasteiger partial charge is 0.321 e. The number of amides is 1. The van der Waals surface area contributed by atoms with Gasteiger partial charge in [-0.3, -0.25) is 9.59 Å². The first-order chi connectivity index (χ1) is 9.63. The molecule has 7 nitrogen and oxygen atoms in total. The van der Waals surface area contributed by atoms with Crippen molar-refractivity contribution in [2.24, 2.45) is 5.73 Å². The summed E-state index contributed by atoms with van der Waals surface area (Å²) < 4.78 is 38.8. The molecule has 1 rings (SSSR count). The van der Waals surface area contributed by atoms with Gasteiger partial charge in [0.2, 0.25) is 15.9 Å². The third-order valence-corrected chi connectivity index (χ3v) is 4.41. The number of aliphatic carboxylic acids is 1. The first-order valence-electron chi connectivity index (χ1n) is 5.62. The summed E-state index contributed by atoms with van der Waals surface area (Å²) in [6, 6.07) is 1.02. The lowest BCUT2D eigenvalue weighted by Gasteiger charge is -2.14. The number of sulfonamides is 1. The highest BCUT2D eigenvalue weighted by Gasteiger charge is 2.27. The summed E-state index contributed by atoms with van der Waals surface area (Å²) in [4.78, 5) is 21.2. The molecule has 0 aliphatic rings. The van der Waals surface area contributed by atoms with Crippen LogP contribution in [0.2, 0.25) is 5.02 Å². The number of carbonyl (C=O) groups excluding carboxylic acids is 1. The topological polar surface area (TPSA) is 127 Å². The van der Waals surface area contributed by atoms with Crippen molar-refractivity contribution in [3.05, 3.63) is 29.0 Å². The van der Waals surface area contributed by atoms with Gasteiger partial charge in [0.25, 0.3) is 0 Å². The van der Waals surface area contributed by atoms with Crippen molar-refractivity contribution in [2.45, 2.75) is 23.8 Å². The summed E-state index contributed by atoms with van der Waals surface area (Å²) in [5.74, 6) is -2.97. The number of halogens is 2. The number of rotatable bonds is 7. The van der Waals surface area contributed by atoms with E-state index in [9.17, 15) is 22.4 Å². The predicted octanol–water partition coefficient (Wildman–Crippen LogP) is 0.476. The molecular formula is C11H12ClFN2O5S. The average molecular weight is 339 g/mol. The molecule has 116 valence electrons. The Hall–Kier alpha value is -1.71. The minimum absolute atomic E-state index is 0.309. The fraction of sp³-hybridized carbons (Fsp3) is 0.273. The van der Waals surface area contributed by atoms with Crippen LogP contribution in [0.3, 0.4) is 0 Å². The maximum atomic E-state index is 12.9. The van der Waals surface area contributed by atoms with Crippen LogP contribution < -0.4 is 10.5 Å². The Morgan fingerprint density at radius 2 is 2.05 bits per heavy atom. The number of nitrogens with two attached hydrogens (primary N) is 1. The van der Waals surface area contributed by atoms with Crippen LogP contribution in [0.5, 0.6) is 0 Å². The lowest BCUT2D eigenvalue weighted by Crippen LogP contribution is -2.41. The molecule has 0 aliphatic heterocycles. The first kappa shape index (κ1) is 17.3. The Labute approximate surface area is 124 Å². The van der Waals surface area contributed by atoms with Crippen molar-refractivity contribution in [2.75, 3.05) is 0 Å². The number of hydrogen-bond acceptors (Lipinski definition) is 4. The van der Waals surface area contributed by atoms with Crippen LogP contribution in [0.4, 0.5) is 4.39 Å². The molecule has 0 fully saturated rings. The molecule has 4 N–H and O–H groups in total. The van der Waals surface area contributed by atoms with E-state index in [2.05, 4.69) is 0 Å². The first-order valence-corrected chi connectivity index (χ1v) is 7.48. The fourth-order valence-corrected chi connectivity index (χ4v) is 3.22. The van der Waals surface area contributed by atoms with Crippen LogP contribution in [0.15, 0.2) is 23.1 Å². The van der Waals surface area contributed by atoms with Crippen molar-refractivity contribution in [3.8, 4) is 0 Å². The highest BCUT2D eigenvalue weighted by molar-refractivity contribution is 7.89. The van der Waals surface area contributed by atoms with Gasteiger partial charge in [0.05, 0.1) is 5.02 Å². The van der Waals surface area contributed by atoms with Crippen LogP contribution in [0.1, 0.15) is 12.8 Å². The predicted molar refractivity (Wildman–Crippen MR) is 71.6 cm³/mol. The zero-order chi connectivity index (χ0) is 16.2. The van der Waals surface area contributed by atoms with Crippen LogP contribution in [-0.4, -0.2) is 31.4 Å². The Kier molecular flexibility index (Phi) is 5.64. The van der Waals surface area contributed by atoms with Crippen molar-refractivity contribution in [3.63, 3.8) is 0 Å². The quantitative estimate of drug-likeness (QED) is 0.666. The van der Waals surface area contributed by atoms with Gasteiger partial charge in [-0.2, -0.15) is 4.72 Å². The molecule has 0 heterocycles. The van der Waals surface area contributed by atoms with Gasteiger partial charge in [0.1, 0.15) is 16.8 Å². The Morgan fingerprint density at radius 1 is 1.43 bits per heavy atom. The fourth-order valence-electron chi connectivity index (χ4n) is 1.46.